The maximum absolute atomic E-state index is 9.06. The molecular formula is C22H25N7S. The van der Waals surface area contributed by atoms with Crippen molar-refractivity contribution in [2.75, 3.05) is 11.9 Å². The van der Waals surface area contributed by atoms with Gasteiger partial charge in [0.25, 0.3) is 0 Å². The first-order chi connectivity index (χ1) is 14.8. The molecule has 5 rings (SSSR count). The minimum atomic E-state index is 0.338. The van der Waals surface area contributed by atoms with Crippen LogP contribution in [0.1, 0.15) is 67.4 Å². The lowest BCUT2D eigenvalue weighted by atomic mass is 10.1. The summed E-state index contributed by atoms with van der Waals surface area (Å²) in [6.45, 7) is 2.01. The largest absolute Gasteiger partial charge is 0.316 e. The van der Waals surface area contributed by atoms with E-state index in [0.717, 1.165) is 30.3 Å². The van der Waals surface area contributed by atoms with Crippen LogP contribution in [0.4, 0.5) is 10.9 Å². The van der Waals surface area contributed by atoms with Crippen LogP contribution in [-0.4, -0.2) is 31.2 Å². The Bertz CT molecular complexity index is 1040. The number of hydrogen-bond donors (Lipinski definition) is 1. The van der Waals surface area contributed by atoms with Crippen LogP contribution in [0.2, 0.25) is 0 Å². The summed E-state index contributed by atoms with van der Waals surface area (Å²) >= 11 is 1.59. The number of anilines is 2. The second-order valence-electron chi connectivity index (χ2n) is 8.14. The van der Waals surface area contributed by atoms with Crippen molar-refractivity contribution in [3.8, 4) is 6.07 Å². The van der Waals surface area contributed by atoms with Gasteiger partial charge in [-0.3, -0.25) is 9.58 Å². The summed E-state index contributed by atoms with van der Waals surface area (Å²) in [5.41, 5.74) is 2.99. The molecule has 0 spiro atoms. The predicted molar refractivity (Wildman–Crippen MR) is 116 cm³/mol. The Hall–Kier alpha value is -2.76. The summed E-state index contributed by atoms with van der Waals surface area (Å²) in [5.74, 6) is 0.651. The molecule has 1 N–H and O–H groups in total. The fourth-order valence-electron chi connectivity index (χ4n) is 4.59. The van der Waals surface area contributed by atoms with Gasteiger partial charge in [-0.15, -0.1) is 11.3 Å². The Kier molecular flexibility index (Phi) is 5.47. The lowest BCUT2D eigenvalue weighted by Crippen LogP contribution is -2.22. The van der Waals surface area contributed by atoms with E-state index in [1.54, 1.807) is 29.7 Å². The van der Waals surface area contributed by atoms with Crippen molar-refractivity contribution in [1.29, 1.82) is 5.26 Å². The number of pyridine rings is 1. The molecule has 3 aromatic heterocycles. The van der Waals surface area contributed by atoms with Crippen molar-refractivity contribution < 1.29 is 0 Å². The fourth-order valence-corrected chi connectivity index (χ4v) is 5.35. The minimum Gasteiger partial charge on any atom is -0.316 e. The van der Waals surface area contributed by atoms with Crippen molar-refractivity contribution in [3.63, 3.8) is 0 Å². The number of thiazole rings is 1. The van der Waals surface area contributed by atoms with Gasteiger partial charge in [-0.1, -0.05) is 12.8 Å². The Morgan fingerprint density at radius 3 is 3.00 bits per heavy atom. The van der Waals surface area contributed by atoms with Crippen LogP contribution in [0.15, 0.2) is 36.1 Å². The van der Waals surface area contributed by atoms with Gasteiger partial charge in [-0.05, 0) is 44.4 Å². The normalized spacial score (nSPS) is 19.9. The molecule has 3 aromatic rings. The first-order valence-corrected chi connectivity index (χ1v) is 11.5. The summed E-state index contributed by atoms with van der Waals surface area (Å²) in [6, 6.07) is 6.51. The molecule has 2 fully saturated rings. The number of hydrogen-bond acceptors (Lipinski definition) is 7. The van der Waals surface area contributed by atoms with Gasteiger partial charge in [-0.25, -0.2) is 9.97 Å². The van der Waals surface area contributed by atoms with E-state index in [0.29, 0.717) is 23.5 Å². The lowest BCUT2D eigenvalue weighted by Gasteiger charge is -2.22. The Balaban J connectivity index is 1.25. The van der Waals surface area contributed by atoms with Crippen molar-refractivity contribution in [2.24, 2.45) is 0 Å². The molecule has 1 aliphatic heterocycles. The number of nitrogens with zero attached hydrogens (tertiary/aromatic N) is 6. The highest BCUT2D eigenvalue weighted by Crippen LogP contribution is 2.35. The van der Waals surface area contributed by atoms with Gasteiger partial charge in [0.1, 0.15) is 5.82 Å². The van der Waals surface area contributed by atoms with E-state index in [1.165, 1.54) is 37.7 Å². The average molecular weight is 420 g/mol. The molecule has 1 aliphatic carbocycles. The summed E-state index contributed by atoms with van der Waals surface area (Å²) in [7, 11) is 0. The van der Waals surface area contributed by atoms with Gasteiger partial charge in [0, 0.05) is 29.9 Å². The van der Waals surface area contributed by atoms with E-state index in [2.05, 4.69) is 42.6 Å². The maximum atomic E-state index is 9.06. The second-order valence-corrected chi connectivity index (χ2v) is 9.00. The van der Waals surface area contributed by atoms with Gasteiger partial charge in [-0.2, -0.15) is 10.4 Å². The molecule has 7 nitrogen and oxygen atoms in total. The molecule has 0 unspecified atom stereocenters. The fraction of sp³-hybridized carbons (Fsp3) is 0.455. The zero-order valence-electron chi connectivity index (χ0n) is 16.9. The predicted octanol–water partition coefficient (Wildman–Crippen LogP) is 4.80. The van der Waals surface area contributed by atoms with E-state index in [-0.39, 0.29) is 0 Å². The van der Waals surface area contributed by atoms with E-state index >= 15 is 0 Å². The number of nitriles is 1. The van der Waals surface area contributed by atoms with E-state index in [4.69, 9.17) is 10.2 Å². The molecule has 4 heterocycles. The third-order valence-corrected chi connectivity index (χ3v) is 6.87. The van der Waals surface area contributed by atoms with Gasteiger partial charge in [0.2, 0.25) is 0 Å². The van der Waals surface area contributed by atoms with Crippen LogP contribution in [-0.2, 0) is 6.54 Å². The Morgan fingerprint density at radius 2 is 2.13 bits per heavy atom. The molecule has 0 aromatic carbocycles. The zero-order valence-corrected chi connectivity index (χ0v) is 17.7. The highest BCUT2D eigenvalue weighted by atomic mass is 32.1. The van der Waals surface area contributed by atoms with E-state index < -0.39 is 0 Å². The summed E-state index contributed by atoms with van der Waals surface area (Å²) < 4.78 is 2.18. The molecule has 154 valence electrons. The smallest absolute Gasteiger partial charge is 0.188 e. The van der Waals surface area contributed by atoms with E-state index in [9.17, 15) is 0 Å². The maximum Gasteiger partial charge on any atom is 0.188 e. The molecular weight excluding hydrogens is 394 g/mol. The van der Waals surface area contributed by atoms with Crippen LogP contribution in [0.25, 0.3) is 0 Å². The molecule has 2 aliphatic rings. The number of aromatic nitrogens is 4. The standard InChI is InChI=1S/C22H25N7S/c23-11-16-7-8-24-21(10-16)27-22-26-19(15-30-22)20-6-3-9-28(20)13-17-12-25-29(14-17)18-4-1-2-5-18/h7-8,10,12,14-15,18,20H,1-6,9,13H2,(H,24,26,27)/t20-/m1/s1. The quantitative estimate of drug-likeness (QED) is 0.618. The third kappa shape index (κ3) is 4.09. The Labute approximate surface area is 180 Å². The Morgan fingerprint density at radius 1 is 1.23 bits per heavy atom. The van der Waals surface area contributed by atoms with Crippen LogP contribution < -0.4 is 5.32 Å². The molecule has 0 radical (unpaired) electrons. The van der Waals surface area contributed by atoms with Crippen LogP contribution >= 0.6 is 11.3 Å². The van der Waals surface area contributed by atoms with Gasteiger partial charge in [0.15, 0.2) is 5.13 Å². The number of rotatable bonds is 6. The van der Waals surface area contributed by atoms with Crippen LogP contribution in [0.3, 0.4) is 0 Å². The highest BCUT2D eigenvalue weighted by molar-refractivity contribution is 7.13. The molecule has 1 saturated carbocycles. The molecule has 0 bridgehead atoms. The van der Waals surface area contributed by atoms with Crippen molar-refractivity contribution in [1.82, 2.24) is 24.6 Å². The molecule has 8 heteroatoms. The summed E-state index contributed by atoms with van der Waals surface area (Å²) in [6.07, 6.45) is 13.4. The summed E-state index contributed by atoms with van der Waals surface area (Å²) in [5, 5.41) is 19.9. The van der Waals surface area contributed by atoms with E-state index in [1.807, 2.05) is 6.20 Å². The van der Waals surface area contributed by atoms with Crippen molar-refractivity contribution in [2.45, 2.75) is 57.2 Å². The SMILES string of the molecule is N#Cc1ccnc(Nc2nc([C@H]3CCCN3Cc3cnn(C4CCCC4)c3)cs2)c1. The number of likely N-dealkylation sites (tertiary alicyclic amines) is 1. The average Bonchev–Trinajstić information content (AvgIpc) is 3.55. The lowest BCUT2D eigenvalue weighted by molar-refractivity contribution is 0.245. The summed E-state index contributed by atoms with van der Waals surface area (Å²) in [4.78, 5) is 11.6. The molecule has 1 saturated heterocycles. The molecule has 1 atom stereocenters. The second kappa shape index (κ2) is 8.54. The van der Waals surface area contributed by atoms with Gasteiger partial charge >= 0.3 is 0 Å². The van der Waals surface area contributed by atoms with Gasteiger partial charge in [0.05, 0.1) is 35.6 Å². The van der Waals surface area contributed by atoms with Crippen molar-refractivity contribution >= 4 is 22.3 Å². The minimum absolute atomic E-state index is 0.338. The van der Waals surface area contributed by atoms with Gasteiger partial charge < -0.3 is 5.32 Å². The van der Waals surface area contributed by atoms with Crippen molar-refractivity contribution in [3.05, 3.63) is 52.9 Å². The third-order valence-electron chi connectivity index (χ3n) is 6.09. The topological polar surface area (TPSA) is 82.7 Å². The molecule has 0 amide bonds. The first kappa shape index (κ1) is 19.2. The first-order valence-electron chi connectivity index (χ1n) is 10.6. The van der Waals surface area contributed by atoms with Crippen LogP contribution in [0.5, 0.6) is 0 Å². The monoisotopic (exact) mass is 419 g/mol. The molecule has 30 heavy (non-hydrogen) atoms. The number of nitrogens with one attached hydrogen (secondary N) is 1. The van der Waals surface area contributed by atoms with Crippen LogP contribution in [0, 0.1) is 11.3 Å². The zero-order chi connectivity index (χ0) is 20.3. The highest BCUT2D eigenvalue weighted by Gasteiger charge is 2.28.